The maximum absolute atomic E-state index is 4.53. The van der Waals surface area contributed by atoms with Gasteiger partial charge in [-0.1, -0.05) is 34.5 Å². The molecule has 1 aliphatic rings. The predicted molar refractivity (Wildman–Crippen MR) is 91.4 cm³/mol. The molecule has 1 N–H and O–H groups in total. The van der Waals surface area contributed by atoms with E-state index >= 15 is 0 Å². The molecule has 0 amide bonds. The van der Waals surface area contributed by atoms with Crippen molar-refractivity contribution in [1.82, 2.24) is 15.2 Å². The van der Waals surface area contributed by atoms with Gasteiger partial charge in [0.15, 0.2) is 0 Å². The largest absolute Gasteiger partial charge is 0.311 e. The Hall–Kier alpha value is -0.970. The zero-order valence-electron chi connectivity index (χ0n) is 12.3. The van der Waals surface area contributed by atoms with E-state index in [9.17, 15) is 0 Å². The number of rotatable bonds is 5. The van der Waals surface area contributed by atoms with Gasteiger partial charge in [-0.05, 0) is 43.6 Å². The highest BCUT2D eigenvalue weighted by atomic mass is 79.9. The highest BCUT2D eigenvalue weighted by Gasteiger charge is 2.09. The van der Waals surface area contributed by atoms with Crippen LogP contribution in [-0.4, -0.2) is 36.1 Å². The summed E-state index contributed by atoms with van der Waals surface area (Å²) in [5.74, 6) is 0. The quantitative estimate of drug-likeness (QED) is 0.838. The van der Waals surface area contributed by atoms with Crippen molar-refractivity contribution in [2.24, 2.45) is 0 Å². The van der Waals surface area contributed by atoms with Crippen molar-refractivity contribution in [3.05, 3.63) is 40.5 Å². The van der Waals surface area contributed by atoms with Crippen molar-refractivity contribution in [3.63, 3.8) is 0 Å². The van der Waals surface area contributed by atoms with Crippen LogP contribution in [-0.2, 0) is 6.54 Å². The average molecular weight is 348 g/mol. The lowest BCUT2D eigenvalue weighted by molar-refractivity contribution is 0.229. The van der Waals surface area contributed by atoms with Crippen LogP contribution in [0.1, 0.15) is 24.8 Å². The summed E-state index contributed by atoms with van der Waals surface area (Å²) in [5, 5.41) is 4.75. The molecule has 0 unspecified atom stereocenters. The Balaban J connectivity index is 1.57. The number of piperidine rings is 1. The number of nitrogens with one attached hydrogen (secondary N) is 1. The van der Waals surface area contributed by atoms with E-state index < -0.39 is 0 Å². The second-order valence-electron chi connectivity index (χ2n) is 5.69. The first kappa shape index (κ1) is 14.9. The molecule has 2 heterocycles. The summed E-state index contributed by atoms with van der Waals surface area (Å²) < 4.78 is 1.11. The van der Waals surface area contributed by atoms with Gasteiger partial charge in [0.1, 0.15) is 0 Å². The lowest BCUT2D eigenvalue weighted by Crippen LogP contribution is -2.35. The van der Waals surface area contributed by atoms with Crippen LogP contribution in [0.25, 0.3) is 10.9 Å². The molecule has 2 aromatic rings. The van der Waals surface area contributed by atoms with E-state index in [0.717, 1.165) is 29.6 Å². The third-order valence-corrected chi connectivity index (χ3v) is 4.86. The fraction of sp³-hybridized carbons (Fsp3) is 0.471. The molecule has 4 heteroatoms. The van der Waals surface area contributed by atoms with E-state index in [1.165, 1.54) is 43.3 Å². The minimum Gasteiger partial charge on any atom is -0.311 e. The van der Waals surface area contributed by atoms with Gasteiger partial charge in [-0.2, -0.15) is 0 Å². The highest BCUT2D eigenvalue weighted by Crippen LogP contribution is 2.25. The van der Waals surface area contributed by atoms with Crippen molar-refractivity contribution in [1.29, 1.82) is 0 Å². The molecular weight excluding hydrogens is 326 g/mol. The third kappa shape index (κ3) is 3.82. The Morgan fingerprint density at radius 2 is 2.00 bits per heavy atom. The van der Waals surface area contributed by atoms with E-state index in [0.29, 0.717) is 0 Å². The zero-order valence-corrected chi connectivity index (χ0v) is 13.9. The summed E-state index contributed by atoms with van der Waals surface area (Å²) in [4.78, 5) is 7.09. The first-order valence-electron chi connectivity index (χ1n) is 7.80. The summed E-state index contributed by atoms with van der Waals surface area (Å²) in [6, 6.07) is 8.38. The van der Waals surface area contributed by atoms with Crippen LogP contribution in [0, 0.1) is 0 Å². The minimum atomic E-state index is 0.884. The number of halogens is 1. The molecule has 0 atom stereocenters. The average Bonchev–Trinajstić information content (AvgIpc) is 2.55. The van der Waals surface area contributed by atoms with E-state index in [1.807, 2.05) is 12.3 Å². The standard InChI is InChI=1S/C17H22BrN3/c18-16-7-6-14(17-15(16)5-4-8-20-17)13-19-9-12-21-10-2-1-3-11-21/h4-8,19H,1-3,9-13H2. The van der Waals surface area contributed by atoms with Crippen LogP contribution in [0.5, 0.6) is 0 Å². The molecule has 21 heavy (non-hydrogen) atoms. The number of benzene rings is 1. The predicted octanol–water partition coefficient (Wildman–Crippen LogP) is 3.57. The Morgan fingerprint density at radius 1 is 1.14 bits per heavy atom. The molecule has 3 nitrogen and oxygen atoms in total. The minimum absolute atomic E-state index is 0.884. The van der Waals surface area contributed by atoms with Gasteiger partial charge in [0.25, 0.3) is 0 Å². The fourth-order valence-corrected chi connectivity index (χ4v) is 3.43. The van der Waals surface area contributed by atoms with Crippen LogP contribution in [0.15, 0.2) is 34.9 Å². The van der Waals surface area contributed by atoms with Gasteiger partial charge in [-0.15, -0.1) is 0 Å². The first-order valence-corrected chi connectivity index (χ1v) is 8.59. The normalized spacial score (nSPS) is 16.4. The van der Waals surface area contributed by atoms with Crippen molar-refractivity contribution in [2.45, 2.75) is 25.8 Å². The second kappa shape index (κ2) is 7.34. The topological polar surface area (TPSA) is 28.2 Å². The molecule has 0 aliphatic carbocycles. The third-order valence-electron chi connectivity index (χ3n) is 4.17. The molecule has 1 aromatic heterocycles. The van der Waals surface area contributed by atoms with Crippen LogP contribution >= 0.6 is 15.9 Å². The molecule has 1 fully saturated rings. The number of fused-ring (bicyclic) bond motifs is 1. The van der Waals surface area contributed by atoms with Crippen molar-refractivity contribution >= 4 is 26.8 Å². The monoisotopic (exact) mass is 347 g/mol. The van der Waals surface area contributed by atoms with Crippen molar-refractivity contribution in [3.8, 4) is 0 Å². The Kier molecular flexibility index (Phi) is 5.22. The Labute approximate surface area is 134 Å². The lowest BCUT2D eigenvalue weighted by atomic mass is 10.1. The molecule has 112 valence electrons. The van der Waals surface area contributed by atoms with Crippen LogP contribution in [0.4, 0.5) is 0 Å². The number of nitrogens with zero attached hydrogens (tertiary/aromatic N) is 2. The number of pyridine rings is 1. The van der Waals surface area contributed by atoms with Gasteiger partial charge in [-0.25, -0.2) is 0 Å². The highest BCUT2D eigenvalue weighted by molar-refractivity contribution is 9.10. The summed E-state index contributed by atoms with van der Waals surface area (Å²) >= 11 is 3.60. The van der Waals surface area contributed by atoms with Crippen LogP contribution in [0.3, 0.4) is 0 Å². The van der Waals surface area contributed by atoms with Crippen LogP contribution in [0.2, 0.25) is 0 Å². The molecule has 0 saturated carbocycles. The number of hydrogen-bond donors (Lipinski definition) is 1. The number of aromatic nitrogens is 1. The van der Waals surface area contributed by atoms with E-state index in [2.05, 4.69) is 49.3 Å². The molecule has 0 radical (unpaired) electrons. The molecule has 3 rings (SSSR count). The van der Waals surface area contributed by atoms with E-state index in [4.69, 9.17) is 0 Å². The number of likely N-dealkylation sites (tertiary alicyclic amines) is 1. The smallest absolute Gasteiger partial charge is 0.0758 e. The fourth-order valence-electron chi connectivity index (χ4n) is 2.98. The van der Waals surface area contributed by atoms with Gasteiger partial charge in [0.2, 0.25) is 0 Å². The summed E-state index contributed by atoms with van der Waals surface area (Å²) in [5.41, 5.74) is 2.37. The van der Waals surface area contributed by atoms with E-state index in [-0.39, 0.29) is 0 Å². The van der Waals surface area contributed by atoms with Gasteiger partial charge < -0.3 is 10.2 Å². The molecule has 1 aliphatic heterocycles. The summed E-state index contributed by atoms with van der Waals surface area (Å²) in [6.45, 7) is 5.62. The Bertz CT molecular complexity index is 594. The summed E-state index contributed by atoms with van der Waals surface area (Å²) in [6.07, 6.45) is 6.00. The Morgan fingerprint density at radius 3 is 2.86 bits per heavy atom. The molecular formula is C17H22BrN3. The molecule has 0 bridgehead atoms. The first-order chi connectivity index (χ1) is 10.3. The summed E-state index contributed by atoms with van der Waals surface area (Å²) in [7, 11) is 0. The van der Waals surface area contributed by atoms with Crippen molar-refractivity contribution < 1.29 is 0 Å². The SMILES string of the molecule is Brc1ccc(CNCCN2CCCCC2)c2ncccc12. The maximum Gasteiger partial charge on any atom is 0.0758 e. The maximum atomic E-state index is 4.53. The van der Waals surface area contributed by atoms with Crippen molar-refractivity contribution in [2.75, 3.05) is 26.2 Å². The zero-order chi connectivity index (χ0) is 14.5. The van der Waals surface area contributed by atoms with Gasteiger partial charge >= 0.3 is 0 Å². The molecule has 1 saturated heterocycles. The molecule has 1 aromatic carbocycles. The van der Waals surface area contributed by atoms with Gasteiger partial charge in [0, 0.05) is 35.7 Å². The van der Waals surface area contributed by atoms with Gasteiger partial charge in [0.05, 0.1) is 5.52 Å². The van der Waals surface area contributed by atoms with Gasteiger partial charge in [-0.3, -0.25) is 4.98 Å². The number of hydrogen-bond acceptors (Lipinski definition) is 3. The van der Waals surface area contributed by atoms with E-state index in [1.54, 1.807) is 0 Å². The molecule has 0 spiro atoms. The van der Waals surface area contributed by atoms with Crippen LogP contribution < -0.4 is 5.32 Å². The lowest BCUT2D eigenvalue weighted by Gasteiger charge is -2.26. The second-order valence-corrected chi connectivity index (χ2v) is 6.54.